The number of piperazine rings is 1. The van der Waals surface area contributed by atoms with Crippen molar-refractivity contribution in [2.45, 2.75) is 64.0 Å². The molecule has 1 saturated heterocycles. The van der Waals surface area contributed by atoms with E-state index in [1.54, 1.807) is 11.3 Å². The zero-order valence-electron chi connectivity index (χ0n) is 20.6. The van der Waals surface area contributed by atoms with E-state index in [4.69, 9.17) is 11.6 Å². The van der Waals surface area contributed by atoms with Gasteiger partial charge < -0.3 is 9.80 Å². The van der Waals surface area contributed by atoms with Gasteiger partial charge in [0.05, 0.1) is 5.88 Å². The number of anilines is 1. The summed E-state index contributed by atoms with van der Waals surface area (Å²) >= 11 is 7.95. The van der Waals surface area contributed by atoms with E-state index in [1.165, 1.54) is 37.7 Å². The number of halogens is 1. The molecule has 1 aliphatic carbocycles. The zero-order chi connectivity index (χ0) is 24.1. The third-order valence-corrected chi connectivity index (χ3v) is 8.57. The molecule has 0 spiro atoms. The molecule has 0 N–H and O–H groups in total. The first kappa shape index (κ1) is 25.3. The third-order valence-electron chi connectivity index (χ3n) is 7.33. The molecule has 184 valence electrons. The minimum Gasteiger partial charge on any atom is -0.338 e. The van der Waals surface area contributed by atoms with Crippen LogP contribution in [0, 0.1) is 0 Å². The number of thiophene rings is 1. The molecule has 1 amide bonds. The summed E-state index contributed by atoms with van der Waals surface area (Å²) < 4.78 is 0. The quantitative estimate of drug-likeness (QED) is 0.380. The Bertz CT molecular complexity index is 946. The largest absolute Gasteiger partial charge is 0.338 e. The lowest BCUT2D eigenvalue weighted by Crippen LogP contribution is -2.54. The average molecular weight is 500 g/mol. The molecule has 2 heterocycles. The number of allylic oxidation sites excluding steroid dienone is 1. The topological polar surface area (TPSA) is 26.8 Å². The van der Waals surface area contributed by atoms with Gasteiger partial charge in [0.1, 0.15) is 6.04 Å². The van der Waals surface area contributed by atoms with Crippen LogP contribution in [0.2, 0.25) is 0 Å². The molecule has 1 aromatic heterocycles. The number of amides is 1. The van der Waals surface area contributed by atoms with Gasteiger partial charge >= 0.3 is 0 Å². The Morgan fingerprint density at radius 1 is 1.12 bits per heavy atom. The second-order valence-corrected chi connectivity index (χ2v) is 11.1. The van der Waals surface area contributed by atoms with Crippen LogP contribution >= 0.6 is 22.9 Å². The third kappa shape index (κ3) is 5.69. The fourth-order valence-corrected chi connectivity index (χ4v) is 6.28. The van der Waals surface area contributed by atoms with E-state index in [2.05, 4.69) is 65.5 Å². The lowest BCUT2D eigenvalue weighted by molar-refractivity contribution is -0.134. The van der Waals surface area contributed by atoms with E-state index >= 15 is 0 Å². The first-order valence-electron chi connectivity index (χ1n) is 12.7. The lowest BCUT2D eigenvalue weighted by atomic mass is 9.94. The highest BCUT2D eigenvalue weighted by molar-refractivity contribution is 7.10. The van der Waals surface area contributed by atoms with Gasteiger partial charge in [0.2, 0.25) is 0 Å². The molecule has 0 radical (unpaired) electrons. The lowest BCUT2D eigenvalue weighted by Gasteiger charge is -2.43. The van der Waals surface area contributed by atoms with E-state index in [1.807, 2.05) is 11.4 Å². The number of rotatable bonds is 8. The molecule has 1 saturated carbocycles. The van der Waals surface area contributed by atoms with Gasteiger partial charge in [0, 0.05) is 48.5 Å². The average Bonchev–Trinajstić information content (AvgIpc) is 3.41. The van der Waals surface area contributed by atoms with Crippen molar-refractivity contribution < 1.29 is 4.79 Å². The Balaban J connectivity index is 1.60. The minimum absolute atomic E-state index is 0.145. The van der Waals surface area contributed by atoms with Crippen LogP contribution in [0.4, 0.5) is 5.69 Å². The number of nitrogens with zero attached hydrogens (tertiary/aromatic N) is 3. The predicted molar refractivity (Wildman–Crippen MR) is 145 cm³/mol. The van der Waals surface area contributed by atoms with E-state index in [0.29, 0.717) is 12.0 Å². The summed E-state index contributed by atoms with van der Waals surface area (Å²) in [4.78, 5) is 21.9. The van der Waals surface area contributed by atoms with Crippen LogP contribution in [0.25, 0.3) is 0 Å². The maximum absolute atomic E-state index is 14.1. The molecule has 34 heavy (non-hydrogen) atoms. The van der Waals surface area contributed by atoms with Crippen molar-refractivity contribution in [3.63, 3.8) is 0 Å². The molecule has 6 heteroatoms. The Labute approximate surface area is 214 Å². The van der Waals surface area contributed by atoms with Crippen LogP contribution in [0.15, 0.2) is 54.1 Å². The van der Waals surface area contributed by atoms with Gasteiger partial charge in [-0.3, -0.25) is 9.69 Å². The maximum Gasteiger partial charge on any atom is 0.251 e. The van der Waals surface area contributed by atoms with Crippen molar-refractivity contribution in [3.05, 3.63) is 64.5 Å². The summed E-state index contributed by atoms with van der Waals surface area (Å²) in [5.41, 5.74) is 2.96. The molecule has 1 aliphatic heterocycles. The van der Waals surface area contributed by atoms with Crippen molar-refractivity contribution in [2.75, 3.05) is 37.0 Å². The number of alkyl halides is 1. The summed E-state index contributed by atoms with van der Waals surface area (Å²) in [6.45, 7) is 12.1. The molecule has 1 atom stereocenters. The van der Waals surface area contributed by atoms with Crippen molar-refractivity contribution >= 4 is 34.5 Å². The van der Waals surface area contributed by atoms with Crippen LogP contribution in [0.1, 0.15) is 68.4 Å². The first-order valence-corrected chi connectivity index (χ1v) is 14.1. The number of hydrogen-bond donors (Lipinski definition) is 0. The van der Waals surface area contributed by atoms with Gasteiger partial charge in [-0.2, -0.15) is 0 Å². The predicted octanol–water partition coefficient (Wildman–Crippen LogP) is 6.65. The van der Waals surface area contributed by atoms with Crippen LogP contribution < -0.4 is 4.90 Å². The summed E-state index contributed by atoms with van der Waals surface area (Å²) in [6, 6.07) is 12.8. The summed E-state index contributed by atoms with van der Waals surface area (Å²) in [7, 11) is 0. The SMILES string of the molecule is C=C(CCl)N(c1cccc(C(C)C)c1)C(C(=O)N1CCN(C2CCCCC2)CC1)c1cccs1. The van der Waals surface area contributed by atoms with Crippen LogP contribution in [-0.4, -0.2) is 53.8 Å². The fourth-order valence-electron chi connectivity index (χ4n) is 5.35. The molecule has 2 aliphatic rings. The second kappa shape index (κ2) is 11.7. The Morgan fingerprint density at radius 2 is 1.85 bits per heavy atom. The number of hydrogen-bond acceptors (Lipinski definition) is 4. The molecular weight excluding hydrogens is 462 g/mol. The van der Waals surface area contributed by atoms with Gasteiger partial charge in [-0.05, 0) is 47.9 Å². The second-order valence-electron chi connectivity index (χ2n) is 9.89. The highest BCUT2D eigenvalue weighted by Gasteiger charge is 2.36. The molecule has 4 nitrogen and oxygen atoms in total. The standard InChI is InChI=1S/C28H38ClN3OS/c1-21(2)23-9-7-12-25(19-23)32(22(3)20-29)27(26-13-8-18-34-26)28(33)31-16-14-30(15-17-31)24-10-5-4-6-11-24/h7-9,12-13,18-19,21,24,27H,3-6,10-11,14-17,20H2,1-2H3. The number of carbonyl (C=O) groups is 1. The fraction of sp³-hybridized carbons (Fsp3) is 0.536. The van der Waals surface area contributed by atoms with Gasteiger partial charge in [0.25, 0.3) is 5.91 Å². The molecule has 1 unspecified atom stereocenters. The van der Waals surface area contributed by atoms with Gasteiger partial charge in [-0.25, -0.2) is 0 Å². The number of benzene rings is 1. The van der Waals surface area contributed by atoms with Crippen molar-refractivity contribution in [1.82, 2.24) is 9.80 Å². The van der Waals surface area contributed by atoms with Gasteiger partial charge in [-0.1, -0.05) is 57.9 Å². The Kier molecular flexibility index (Phi) is 8.73. The Morgan fingerprint density at radius 3 is 2.47 bits per heavy atom. The molecular formula is C28H38ClN3OS. The number of carbonyl (C=O) groups excluding carboxylic acids is 1. The smallest absolute Gasteiger partial charge is 0.251 e. The van der Waals surface area contributed by atoms with E-state index < -0.39 is 6.04 Å². The highest BCUT2D eigenvalue weighted by Crippen LogP contribution is 2.36. The van der Waals surface area contributed by atoms with Crippen molar-refractivity contribution in [1.29, 1.82) is 0 Å². The first-order chi connectivity index (χ1) is 16.5. The van der Waals surface area contributed by atoms with Crippen LogP contribution in [0.3, 0.4) is 0 Å². The minimum atomic E-state index is -0.449. The van der Waals surface area contributed by atoms with Crippen molar-refractivity contribution in [2.24, 2.45) is 0 Å². The van der Waals surface area contributed by atoms with Crippen LogP contribution in [-0.2, 0) is 4.79 Å². The van der Waals surface area contributed by atoms with Gasteiger partial charge in [-0.15, -0.1) is 22.9 Å². The summed E-state index contributed by atoms with van der Waals surface area (Å²) in [6.07, 6.45) is 6.67. The summed E-state index contributed by atoms with van der Waals surface area (Å²) in [5.74, 6) is 0.818. The molecule has 2 fully saturated rings. The maximum atomic E-state index is 14.1. The van der Waals surface area contributed by atoms with E-state index in [0.717, 1.165) is 42.4 Å². The normalized spacial score (nSPS) is 18.8. The molecule has 1 aromatic carbocycles. The van der Waals surface area contributed by atoms with E-state index in [-0.39, 0.29) is 11.8 Å². The molecule has 2 aromatic rings. The van der Waals surface area contributed by atoms with Crippen molar-refractivity contribution in [3.8, 4) is 0 Å². The van der Waals surface area contributed by atoms with E-state index in [9.17, 15) is 4.79 Å². The zero-order valence-corrected chi connectivity index (χ0v) is 22.2. The Hall–Kier alpha value is -1.82. The monoisotopic (exact) mass is 499 g/mol. The highest BCUT2D eigenvalue weighted by atomic mass is 35.5. The van der Waals surface area contributed by atoms with Gasteiger partial charge in [0.15, 0.2) is 0 Å². The van der Waals surface area contributed by atoms with Crippen LogP contribution in [0.5, 0.6) is 0 Å². The summed E-state index contributed by atoms with van der Waals surface area (Å²) in [5, 5.41) is 2.04. The molecule has 0 bridgehead atoms. The molecule has 4 rings (SSSR count).